The Bertz CT molecular complexity index is 1300. The van der Waals surface area contributed by atoms with Gasteiger partial charge in [0.1, 0.15) is 5.82 Å². The summed E-state index contributed by atoms with van der Waals surface area (Å²) >= 11 is 1.32. The van der Waals surface area contributed by atoms with Crippen molar-refractivity contribution in [2.45, 2.75) is 33.2 Å². The second-order valence-corrected chi connectivity index (χ2v) is 8.04. The molecule has 4 aromatic rings. The summed E-state index contributed by atoms with van der Waals surface area (Å²) < 4.78 is 6.69. The van der Waals surface area contributed by atoms with Gasteiger partial charge in [-0.15, -0.1) is 11.3 Å². The Kier molecular flexibility index (Phi) is 6.61. The third kappa shape index (κ3) is 4.40. The van der Waals surface area contributed by atoms with Crippen molar-refractivity contribution in [1.29, 1.82) is 0 Å². The van der Waals surface area contributed by atoms with Gasteiger partial charge >= 0.3 is 5.97 Å². The summed E-state index contributed by atoms with van der Waals surface area (Å²) in [7, 11) is 0. The van der Waals surface area contributed by atoms with Gasteiger partial charge in [-0.1, -0.05) is 37.3 Å². The average Bonchev–Trinajstić information content (AvgIpc) is 3.28. The molecule has 2 aromatic heterocycles. The molecular weight excluding hydrogens is 424 g/mol. The fourth-order valence-corrected chi connectivity index (χ4v) is 4.23. The molecule has 0 unspecified atom stereocenters. The van der Waals surface area contributed by atoms with Gasteiger partial charge in [-0.25, -0.2) is 14.8 Å². The average molecular weight is 449 g/mol. The number of benzene rings is 2. The summed E-state index contributed by atoms with van der Waals surface area (Å²) in [6.07, 6.45) is 1.59. The van der Waals surface area contributed by atoms with Gasteiger partial charge in [-0.3, -0.25) is 9.36 Å². The predicted molar refractivity (Wildman–Crippen MR) is 127 cm³/mol. The lowest BCUT2D eigenvalue weighted by Crippen LogP contribution is -2.25. The van der Waals surface area contributed by atoms with E-state index >= 15 is 0 Å². The number of anilines is 1. The van der Waals surface area contributed by atoms with Crippen molar-refractivity contribution in [3.8, 4) is 5.69 Å². The molecule has 0 bridgehead atoms. The predicted octanol–water partition coefficient (Wildman–Crippen LogP) is 4.58. The Labute approximate surface area is 189 Å². The molecule has 2 heterocycles. The second-order valence-electron chi connectivity index (χ2n) is 7.18. The molecule has 164 valence electrons. The van der Waals surface area contributed by atoms with E-state index in [1.807, 2.05) is 48.5 Å². The van der Waals surface area contributed by atoms with E-state index in [2.05, 4.69) is 17.2 Å². The van der Waals surface area contributed by atoms with E-state index < -0.39 is 5.97 Å². The second kappa shape index (κ2) is 9.74. The van der Waals surface area contributed by atoms with Gasteiger partial charge in [0.05, 0.1) is 23.2 Å². The minimum absolute atomic E-state index is 0.0894. The first kappa shape index (κ1) is 21.7. The number of hydrogen-bond acceptors (Lipinski definition) is 7. The number of esters is 1. The van der Waals surface area contributed by atoms with Crippen molar-refractivity contribution in [3.63, 3.8) is 0 Å². The van der Waals surface area contributed by atoms with Crippen molar-refractivity contribution in [1.82, 2.24) is 14.5 Å². The lowest BCUT2D eigenvalue weighted by Gasteiger charge is -2.15. The van der Waals surface area contributed by atoms with E-state index in [0.29, 0.717) is 35.6 Å². The summed E-state index contributed by atoms with van der Waals surface area (Å²) in [6, 6.07) is 15.3. The molecule has 0 aliphatic carbocycles. The number of aromatic nitrogens is 3. The standard InChI is InChI=1S/C24H24N4O3S/c1-3-9-20-26-18-13-8-10-16(14-25-24-27-19(15-32-24)23(30)31-4-2)21(18)22(29)28(20)17-11-6-5-7-12-17/h5-8,10-13,15H,3-4,9,14H2,1-2H3,(H,25,27). The van der Waals surface area contributed by atoms with E-state index in [-0.39, 0.29) is 11.3 Å². The molecule has 2 aromatic carbocycles. The Morgan fingerprint density at radius 1 is 1.09 bits per heavy atom. The van der Waals surface area contributed by atoms with Crippen LogP contribution in [0.25, 0.3) is 16.6 Å². The van der Waals surface area contributed by atoms with Gasteiger partial charge in [0.25, 0.3) is 5.56 Å². The molecule has 0 aliphatic heterocycles. The smallest absolute Gasteiger partial charge is 0.357 e. The zero-order valence-electron chi connectivity index (χ0n) is 18.0. The first-order chi connectivity index (χ1) is 15.6. The van der Waals surface area contributed by atoms with Crippen LogP contribution in [0.4, 0.5) is 5.13 Å². The van der Waals surface area contributed by atoms with Crippen molar-refractivity contribution < 1.29 is 9.53 Å². The number of ether oxygens (including phenoxy) is 1. The topological polar surface area (TPSA) is 86.1 Å². The quantitative estimate of drug-likeness (QED) is 0.397. The van der Waals surface area contributed by atoms with Crippen LogP contribution in [0, 0.1) is 0 Å². The van der Waals surface area contributed by atoms with Crippen LogP contribution in [-0.2, 0) is 17.7 Å². The van der Waals surface area contributed by atoms with Crippen LogP contribution in [0.15, 0.2) is 58.7 Å². The summed E-state index contributed by atoms with van der Waals surface area (Å²) in [5, 5.41) is 6.04. The Hall–Kier alpha value is -3.52. The molecule has 0 spiro atoms. The van der Waals surface area contributed by atoms with Crippen LogP contribution in [0.5, 0.6) is 0 Å². The normalized spacial score (nSPS) is 10.9. The number of thiazole rings is 1. The number of nitrogens with one attached hydrogen (secondary N) is 1. The van der Waals surface area contributed by atoms with Crippen LogP contribution in [-0.4, -0.2) is 27.1 Å². The van der Waals surface area contributed by atoms with Crippen LogP contribution in [0.1, 0.15) is 42.1 Å². The number of para-hydroxylation sites is 1. The third-order valence-electron chi connectivity index (χ3n) is 4.96. The molecule has 0 fully saturated rings. The van der Waals surface area contributed by atoms with Crippen LogP contribution >= 0.6 is 11.3 Å². The van der Waals surface area contributed by atoms with Crippen molar-refractivity contribution in [2.24, 2.45) is 0 Å². The molecule has 8 heteroatoms. The van der Waals surface area contributed by atoms with Gasteiger partial charge in [-0.05, 0) is 37.1 Å². The van der Waals surface area contributed by atoms with E-state index in [1.54, 1.807) is 16.9 Å². The van der Waals surface area contributed by atoms with Crippen LogP contribution in [0.2, 0.25) is 0 Å². The Balaban J connectivity index is 1.72. The van der Waals surface area contributed by atoms with Crippen LogP contribution < -0.4 is 10.9 Å². The largest absolute Gasteiger partial charge is 0.461 e. The molecule has 0 radical (unpaired) electrons. The summed E-state index contributed by atoms with van der Waals surface area (Å²) in [5.41, 5.74) is 2.48. The maximum Gasteiger partial charge on any atom is 0.357 e. The number of carbonyl (C=O) groups is 1. The molecule has 0 saturated carbocycles. The van der Waals surface area contributed by atoms with Gasteiger partial charge in [0.2, 0.25) is 0 Å². The fraction of sp³-hybridized carbons (Fsp3) is 0.250. The minimum atomic E-state index is -0.444. The lowest BCUT2D eigenvalue weighted by molar-refractivity contribution is 0.0520. The highest BCUT2D eigenvalue weighted by Gasteiger charge is 2.16. The molecular formula is C24H24N4O3S. The number of aryl methyl sites for hydroxylation is 1. The maximum atomic E-state index is 13.6. The molecule has 0 saturated heterocycles. The maximum absolute atomic E-state index is 13.6. The summed E-state index contributed by atoms with van der Waals surface area (Å²) in [4.78, 5) is 34.6. The highest BCUT2D eigenvalue weighted by atomic mass is 32.1. The summed E-state index contributed by atoms with van der Waals surface area (Å²) in [5.74, 6) is 0.306. The zero-order valence-corrected chi connectivity index (χ0v) is 18.8. The highest BCUT2D eigenvalue weighted by Crippen LogP contribution is 2.21. The van der Waals surface area contributed by atoms with E-state index in [1.165, 1.54) is 11.3 Å². The number of nitrogens with zero attached hydrogens (tertiary/aromatic N) is 3. The van der Waals surface area contributed by atoms with Gasteiger partial charge < -0.3 is 10.1 Å². The first-order valence-electron chi connectivity index (χ1n) is 10.6. The van der Waals surface area contributed by atoms with Crippen molar-refractivity contribution in [3.05, 3.63) is 81.3 Å². The zero-order chi connectivity index (χ0) is 22.5. The lowest BCUT2D eigenvalue weighted by atomic mass is 10.1. The minimum Gasteiger partial charge on any atom is -0.461 e. The molecule has 32 heavy (non-hydrogen) atoms. The Morgan fingerprint density at radius 2 is 1.91 bits per heavy atom. The van der Waals surface area contributed by atoms with Crippen molar-refractivity contribution >= 4 is 33.3 Å². The highest BCUT2D eigenvalue weighted by molar-refractivity contribution is 7.13. The van der Waals surface area contributed by atoms with E-state index in [4.69, 9.17) is 9.72 Å². The number of hydrogen-bond donors (Lipinski definition) is 1. The molecule has 0 amide bonds. The molecule has 7 nitrogen and oxygen atoms in total. The molecule has 0 aliphatic rings. The van der Waals surface area contributed by atoms with Crippen molar-refractivity contribution in [2.75, 3.05) is 11.9 Å². The SMILES string of the molecule is CCCc1nc2cccc(CNc3nc(C(=O)OCC)cs3)c2c(=O)n1-c1ccccc1. The number of rotatable bonds is 8. The fourth-order valence-electron chi connectivity index (χ4n) is 3.55. The monoisotopic (exact) mass is 448 g/mol. The van der Waals surface area contributed by atoms with E-state index in [9.17, 15) is 9.59 Å². The number of fused-ring (bicyclic) bond motifs is 1. The molecule has 1 N–H and O–H groups in total. The van der Waals surface area contributed by atoms with Gasteiger partial charge in [0, 0.05) is 18.3 Å². The van der Waals surface area contributed by atoms with E-state index in [0.717, 1.165) is 23.5 Å². The first-order valence-corrected chi connectivity index (χ1v) is 11.5. The summed E-state index contributed by atoms with van der Waals surface area (Å²) in [6.45, 7) is 4.51. The Morgan fingerprint density at radius 3 is 2.66 bits per heavy atom. The molecule has 0 atom stereocenters. The van der Waals surface area contributed by atoms with Gasteiger partial charge in [-0.2, -0.15) is 0 Å². The number of carbonyl (C=O) groups excluding carboxylic acids is 1. The third-order valence-corrected chi connectivity index (χ3v) is 5.76. The van der Waals surface area contributed by atoms with Gasteiger partial charge in [0.15, 0.2) is 10.8 Å². The van der Waals surface area contributed by atoms with Crippen LogP contribution in [0.3, 0.4) is 0 Å². The molecule has 4 rings (SSSR count).